The lowest BCUT2D eigenvalue weighted by atomic mass is 10.2. The molecule has 0 unspecified atom stereocenters. The van der Waals surface area contributed by atoms with Gasteiger partial charge in [0.05, 0.1) is 19.1 Å². The number of methoxy groups -OCH3 is 1. The SMILES string of the molecule is COc1ccc(C)cc1N(CC(=O)Nc1nnc(-c2ccccc2)s1)S(C)(=O)=O. The molecule has 1 amide bonds. The van der Waals surface area contributed by atoms with Crippen molar-refractivity contribution in [1.82, 2.24) is 10.2 Å². The van der Waals surface area contributed by atoms with Gasteiger partial charge in [-0.3, -0.25) is 14.4 Å². The van der Waals surface area contributed by atoms with Crippen molar-refractivity contribution in [3.63, 3.8) is 0 Å². The Kier molecular flexibility index (Phi) is 6.14. The monoisotopic (exact) mass is 432 g/mol. The lowest BCUT2D eigenvalue weighted by Gasteiger charge is -2.23. The highest BCUT2D eigenvalue weighted by atomic mass is 32.2. The number of carbonyl (C=O) groups is 1. The highest BCUT2D eigenvalue weighted by Crippen LogP contribution is 2.31. The molecule has 152 valence electrons. The second kappa shape index (κ2) is 8.58. The van der Waals surface area contributed by atoms with E-state index in [1.54, 1.807) is 18.2 Å². The fraction of sp³-hybridized carbons (Fsp3) is 0.211. The van der Waals surface area contributed by atoms with Gasteiger partial charge in [0.1, 0.15) is 17.3 Å². The van der Waals surface area contributed by atoms with E-state index in [2.05, 4.69) is 15.5 Å². The van der Waals surface area contributed by atoms with Crippen molar-refractivity contribution >= 4 is 38.1 Å². The molecule has 29 heavy (non-hydrogen) atoms. The minimum Gasteiger partial charge on any atom is -0.495 e. The molecular formula is C19H20N4O4S2. The Morgan fingerprint density at radius 3 is 2.55 bits per heavy atom. The van der Waals surface area contributed by atoms with Crippen LogP contribution in [0.5, 0.6) is 5.75 Å². The van der Waals surface area contributed by atoms with Crippen LogP contribution in [0.4, 0.5) is 10.8 Å². The lowest BCUT2D eigenvalue weighted by molar-refractivity contribution is -0.114. The standard InChI is InChI=1S/C19H20N4O4S2/c1-13-9-10-16(27-2)15(11-13)23(29(3,25)26)12-17(24)20-19-22-21-18(28-19)14-7-5-4-6-8-14/h4-11H,12H2,1-3H3,(H,20,22,24). The summed E-state index contributed by atoms with van der Waals surface area (Å²) in [5.74, 6) is -0.175. The topological polar surface area (TPSA) is 101 Å². The summed E-state index contributed by atoms with van der Waals surface area (Å²) in [6.07, 6.45) is 1.04. The van der Waals surface area contributed by atoms with Crippen molar-refractivity contribution in [3.05, 3.63) is 54.1 Å². The Balaban J connectivity index is 1.80. The van der Waals surface area contributed by atoms with Gasteiger partial charge in [-0.05, 0) is 24.6 Å². The Morgan fingerprint density at radius 2 is 1.90 bits per heavy atom. The van der Waals surface area contributed by atoms with E-state index < -0.39 is 22.5 Å². The fourth-order valence-corrected chi connectivity index (χ4v) is 4.25. The van der Waals surface area contributed by atoms with E-state index in [4.69, 9.17) is 4.74 Å². The Labute approximate surface area is 173 Å². The van der Waals surface area contributed by atoms with Gasteiger partial charge < -0.3 is 4.74 Å². The van der Waals surface area contributed by atoms with Gasteiger partial charge in [-0.25, -0.2) is 8.42 Å². The molecule has 1 aromatic heterocycles. The van der Waals surface area contributed by atoms with Crippen LogP contribution in [0.25, 0.3) is 10.6 Å². The zero-order valence-electron chi connectivity index (χ0n) is 16.1. The van der Waals surface area contributed by atoms with Crippen molar-refractivity contribution < 1.29 is 17.9 Å². The van der Waals surface area contributed by atoms with Gasteiger partial charge in [0.25, 0.3) is 0 Å². The van der Waals surface area contributed by atoms with E-state index in [0.29, 0.717) is 21.6 Å². The molecule has 1 heterocycles. The summed E-state index contributed by atoms with van der Waals surface area (Å²) in [6, 6.07) is 14.6. The van der Waals surface area contributed by atoms with Crippen LogP contribution in [0.15, 0.2) is 48.5 Å². The van der Waals surface area contributed by atoms with E-state index in [1.807, 2.05) is 37.3 Å². The number of anilines is 2. The number of aryl methyl sites for hydroxylation is 1. The molecule has 3 aromatic rings. The normalized spacial score (nSPS) is 11.1. The molecule has 3 rings (SSSR count). The first kappa shape index (κ1) is 20.7. The summed E-state index contributed by atoms with van der Waals surface area (Å²) in [4.78, 5) is 12.6. The second-order valence-electron chi connectivity index (χ2n) is 6.27. The van der Waals surface area contributed by atoms with Gasteiger partial charge in [-0.15, -0.1) is 10.2 Å². The summed E-state index contributed by atoms with van der Waals surface area (Å²) >= 11 is 1.21. The largest absolute Gasteiger partial charge is 0.495 e. The van der Waals surface area contributed by atoms with Crippen molar-refractivity contribution in [1.29, 1.82) is 0 Å². The molecule has 10 heteroatoms. The number of ether oxygens (including phenoxy) is 1. The quantitative estimate of drug-likeness (QED) is 0.616. The maximum absolute atomic E-state index is 12.6. The average molecular weight is 433 g/mol. The summed E-state index contributed by atoms with van der Waals surface area (Å²) in [5.41, 5.74) is 2.02. The first-order valence-corrected chi connectivity index (χ1v) is 11.3. The molecule has 0 radical (unpaired) electrons. The van der Waals surface area contributed by atoms with Crippen molar-refractivity contribution in [2.24, 2.45) is 0 Å². The van der Waals surface area contributed by atoms with Crippen LogP contribution in [0.2, 0.25) is 0 Å². The second-order valence-corrected chi connectivity index (χ2v) is 9.16. The third-order valence-electron chi connectivity index (χ3n) is 3.98. The van der Waals surface area contributed by atoms with Crippen molar-refractivity contribution in [2.75, 3.05) is 29.5 Å². The van der Waals surface area contributed by atoms with Gasteiger partial charge in [0.2, 0.25) is 21.1 Å². The van der Waals surface area contributed by atoms with Gasteiger partial charge in [-0.1, -0.05) is 47.7 Å². The number of sulfonamides is 1. The summed E-state index contributed by atoms with van der Waals surface area (Å²) in [5, 5.41) is 11.6. The molecule has 1 N–H and O–H groups in total. The third-order valence-corrected chi connectivity index (χ3v) is 6.00. The average Bonchev–Trinajstić information content (AvgIpc) is 3.14. The Hall–Kier alpha value is -2.98. The smallest absolute Gasteiger partial charge is 0.246 e. The molecule has 0 saturated heterocycles. The number of nitrogens with zero attached hydrogens (tertiary/aromatic N) is 3. The van der Waals surface area contributed by atoms with E-state index in [1.165, 1.54) is 18.4 Å². The zero-order chi connectivity index (χ0) is 21.0. The third kappa shape index (κ3) is 5.09. The number of benzene rings is 2. The van der Waals surface area contributed by atoms with E-state index in [-0.39, 0.29) is 0 Å². The van der Waals surface area contributed by atoms with Crippen LogP contribution in [0.1, 0.15) is 5.56 Å². The van der Waals surface area contributed by atoms with E-state index in [0.717, 1.165) is 21.7 Å². The molecule has 0 saturated carbocycles. The van der Waals surface area contributed by atoms with E-state index >= 15 is 0 Å². The number of hydrogen-bond acceptors (Lipinski definition) is 7. The lowest BCUT2D eigenvalue weighted by Crippen LogP contribution is -2.37. The minimum atomic E-state index is -3.73. The molecule has 0 aliphatic rings. The molecule has 0 bridgehead atoms. The van der Waals surface area contributed by atoms with Gasteiger partial charge in [-0.2, -0.15) is 0 Å². The predicted octanol–water partition coefficient (Wildman–Crippen LogP) is 2.93. The molecular weight excluding hydrogens is 412 g/mol. The summed E-state index contributed by atoms with van der Waals surface area (Å²) in [6.45, 7) is 1.41. The number of nitrogens with one attached hydrogen (secondary N) is 1. The van der Waals surface area contributed by atoms with Gasteiger partial charge >= 0.3 is 0 Å². The first-order chi connectivity index (χ1) is 13.8. The molecule has 0 aliphatic carbocycles. The van der Waals surface area contributed by atoms with Crippen LogP contribution in [-0.2, 0) is 14.8 Å². The summed E-state index contributed by atoms with van der Waals surface area (Å²) in [7, 11) is -2.29. The van der Waals surface area contributed by atoms with Crippen LogP contribution in [0.3, 0.4) is 0 Å². The maximum atomic E-state index is 12.6. The highest BCUT2D eigenvalue weighted by Gasteiger charge is 2.24. The molecule has 2 aromatic carbocycles. The van der Waals surface area contributed by atoms with Crippen LogP contribution in [-0.4, -0.2) is 44.4 Å². The van der Waals surface area contributed by atoms with Crippen molar-refractivity contribution in [2.45, 2.75) is 6.92 Å². The van der Waals surface area contributed by atoms with Crippen molar-refractivity contribution in [3.8, 4) is 16.3 Å². The minimum absolute atomic E-state index is 0.290. The van der Waals surface area contributed by atoms with E-state index in [9.17, 15) is 13.2 Å². The summed E-state index contributed by atoms with van der Waals surface area (Å²) < 4.78 is 31.0. The zero-order valence-corrected chi connectivity index (χ0v) is 17.8. The number of aromatic nitrogens is 2. The molecule has 0 spiro atoms. The van der Waals surface area contributed by atoms with Gasteiger partial charge in [0, 0.05) is 5.56 Å². The molecule has 0 aliphatic heterocycles. The Morgan fingerprint density at radius 1 is 1.17 bits per heavy atom. The highest BCUT2D eigenvalue weighted by molar-refractivity contribution is 7.92. The molecule has 0 atom stereocenters. The molecule has 8 nitrogen and oxygen atoms in total. The predicted molar refractivity (Wildman–Crippen MR) is 114 cm³/mol. The fourth-order valence-electron chi connectivity index (χ4n) is 2.64. The number of carbonyl (C=O) groups excluding carboxylic acids is 1. The van der Waals surface area contributed by atoms with Crippen LogP contribution in [0, 0.1) is 6.92 Å². The van der Waals surface area contributed by atoms with Crippen LogP contribution >= 0.6 is 11.3 Å². The Bertz CT molecular complexity index is 1110. The maximum Gasteiger partial charge on any atom is 0.246 e. The van der Waals surface area contributed by atoms with Gasteiger partial charge in [0.15, 0.2) is 0 Å². The van der Waals surface area contributed by atoms with Crippen LogP contribution < -0.4 is 14.4 Å². The number of hydrogen-bond donors (Lipinski definition) is 1. The molecule has 0 fully saturated rings. The number of rotatable bonds is 7. The first-order valence-electron chi connectivity index (χ1n) is 8.59. The number of amides is 1.